The summed E-state index contributed by atoms with van der Waals surface area (Å²) in [5.41, 5.74) is 0.848. The van der Waals surface area contributed by atoms with Crippen molar-refractivity contribution in [3.05, 3.63) is 36.2 Å². The molecule has 0 bridgehead atoms. The van der Waals surface area contributed by atoms with Gasteiger partial charge in [-0.2, -0.15) is 4.98 Å². The summed E-state index contributed by atoms with van der Waals surface area (Å²) in [4.78, 5) is 28.3. The molecule has 20 heavy (non-hydrogen) atoms. The Labute approximate surface area is 128 Å². The highest BCUT2D eigenvalue weighted by Gasteiger charge is 2.18. The Hall–Kier alpha value is -1.34. The van der Waals surface area contributed by atoms with E-state index in [1.165, 1.54) is 11.6 Å². The van der Waals surface area contributed by atoms with E-state index >= 15 is 0 Å². The standard InChI is InChI=1S/C12H14BrClN4O2/c1-6(2)7(13)5-18-8-9(15-11(18)14)16(3)12(20)17(4)10(8)19/h5H2,1-4H3. The van der Waals surface area contributed by atoms with Gasteiger partial charge in [0, 0.05) is 18.6 Å². The normalized spacial score (nSPS) is 11.1. The third-order valence-corrected chi connectivity index (χ3v) is 4.47. The zero-order chi connectivity index (χ0) is 15.2. The SMILES string of the molecule is CC(C)=C(Br)Cn1c(Cl)nc2c1c(=O)n(C)c(=O)n2C. The van der Waals surface area contributed by atoms with Gasteiger partial charge in [-0.1, -0.05) is 21.5 Å². The Morgan fingerprint density at radius 1 is 1.25 bits per heavy atom. The van der Waals surface area contributed by atoms with Crippen LogP contribution in [0.5, 0.6) is 0 Å². The molecule has 6 nitrogen and oxygen atoms in total. The van der Waals surface area contributed by atoms with Crippen molar-refractivity contribution in [2.75, 3.05) is 0 Å². The first-order valence-corrected chi connectivity index (χ1v) is 7.06. The predicted molar refractivity (Wildman–Crippen MR) is 82.5 cm³/mol. The van der Waals surface area contributed by atoms with E-state index in [4.69, 9.17) is 11.6 Å². The Balaban J connectivity index is 2.88. The molecule has 2 rings (SSSR count). The number of hydrogen-bond acceptors (Lipinski definition) is 3. The van der Waals surface area contributed by atoms with Gasteiger partial charge >= 0.3 is 5.69 Å². The topological polar surface area (TPSA) is 61.8 Å². The lowest BCUT2D eigenvalue weighted by Crippen LogP contribution is -2.37. The summed E-state index contributed by atoms with van der Waals surface area (Å²) >= 11 is 9.56. The van der Waals surface area contributed by atoms with Crippen LogP contribution < -0.4 is 11.2 Å². The number of aromatic nitrogens is 4. The minimum Gasteiger partial charge on any atom is -0.304 e. The second kappa shape index (κ2) is 5.21. The molecule has 0 aliphatic carbocycles. The van der Waals surface area contributed by atoms with E-state index in [0.29, 0.717) is 12.1 Å². The number of imidazole rings is 1. The maximum absolute atomic E-state index is 12.3. The van der Waals surface area contributed by atoms with E-state index < -0.39 is 11.2 Å². The van der Waals surface area contributed by atoms with Crippen molar-refractivity contribution >= 4 is 38.7 Å². The summed E-state index contributed by atoms with van der Waals surface area (Å²) in [6.45, 7) is 4.29. The monoisotopic (exact) mass is 360 g/mol. The van der Waals surface area contributed by atoms with Crippen molar-refractivity contribution < 1.29 is 0 Å². The molecule has 0 radical (unpaired) electrons. The molecule has 0 atom stereocenters. The lowest BCUT2D eigenvalue weighted by molar-refractivity contribution is 0.703. The molecular weight excluding hydrogens is 348 g/mol. The zero-order valence-corrected chi connectivity index (χ0v) is 13.9. The quantitative estimate of drug-likeness (QED) is 0.766. The summed E-state index contributed by atoms with van der Waals surface area (Å²) < 4.78 is 4.87. The average molecular weight is 362 g/mol. The van der Waals surface area contributed by atoms with Crippen LogP contribution in [-0.2, 0) is 20.6 Å². The van der Waals surface area contributed by atoms with Crippen molar-refractivity contribution in [3.8, 4) is 0 Å². The molecule has 0 amide bonds. The lowest BCUT2D eigenvalue weighted by Gasteiger charge is -2.08. The number of nitrogens with zero attached hydrogens (tertiary/aromatic N) is 4. The third-order valence-electron chi connectivity index (χ3n) is 3.14. The minimum absolute atomic E-state index is 0.177. The first-order valence-electron chi connectivity index (χ1n) is 5.89. The smallest absolute Gasteiger partial charge is 0.304 e. The highest BCUT2D eigenvalue weighted by Crippen LogP contribution is 2.21. The first kappa shape index (κ1) is 15.1. The first-order chi connectivity index (χ1) is 9.25. The molecule has 108 valence electrons. The highest BCUT2D eigenvalue weighted by molar-refractivity contribution is 9.11. The molecule has 2 heterocycles. The van der Waals surface area contributed by atoms with Crippen molar-refractivity contribution in [1.82, 2.24) is 18.7 Å². The van der Waals surface area contributed by atoms with Gasteiger partial charge in [-0.05, 0) is 25.4 Å². The summed E-state index contributed by atoms with van der Waals surface area (Å²) in [6.07, 6.45) is 0. The molecule has 0 aromatic carbocycles. The fraction of sp³-hybridized carbons (Fsp3) is 0.417. The Kier molecular flexibility index (Phi) is 3.93. The molecule has 0 aliphatic rings. The van der Waals surface area contributed by atoms with Gasteiger partial charge in [0.25, 0.3) is 5.56 Å². The fourth-order valence-corrected chi connectivity index (χ4v) is 2.34. The van der Waals surface area contributed by atoms with Crippen LogP contribution in [-0.4, -0.2) is 18.7 Å². The Morgan fingerprint density at radius 3 is 2.40 bits per heavy atom. The van der Waals surface area contributed by atoms with Gasteiger partial charge in [-0.15, -0.1) is 0 Å². The van der Waals surface area contributed by atoms with Crippen LogP contribution >= 0.6 is 27.5 Å². The van der Waals surface area contributed by atoms with E-state index in [9.17, 15) is 9.59 Å². The number of aryl methyl sites for hydroxylation is 1. The highest BCUT2D eigenvalue weighted by atomic mass is 79.9. The summed E-state index contributed by atoms with van der Waals surface area (Å²) in [7, 11) is 3.00. The molecule has 8 heteroatoms. The van der Waals surface area contributed by atoms with Gasteiger partial charge in [0.1, 0.15) is 0 Å². The second-order valence-corrected chi connectivity index (χ2v) is 6.05. The summed E-state index contributed by atoms with van der Waals surface area (Å²) in [5, 5.41) is 0.177. The Morgan fingerprint density at radius 2 is 1.85 bits per heavy atom. The van der Waals surface area contributed by atoms with Gasteiger partial charge in [-0.3, -0.25) is 13.9 Å². The van der Waals surface area contributed by atoms with Crippen molar-refractivity contribution in [1.29, 1.82) is 0 Å². The molecule has 0 saturated carbocycles. The lowest BCUT2D eigenvalue weighted by atomic mass is 10.3. The largest absolute Gasteiger partial charge is 0.332 e. The van der Waals surface area contributed by atoms with Gasteiger partial charge in [0.05, 0.1) is 6.54 Å². The molecule has 0 aliphatic heterocycles. The molecule has 0 fully saturated rings. The average Bonchev–Trinajstić information content (AvgIpc) is 2.71. The van der Waals surface area contributed by atoms with E-state index in [1.54, 1.807) is 11.6 Å². The second-order valence-electron chi connectivity index (χ2n) is 4.75. The fourth-order valence-electron chi connectivity index (χ4n) is 1.86. The van der Waals surface area contributed by atoms with Crippen LogP contribution in [0.15, 0.2) is 19.6 Å². The number of hydrogen-bond donors (Lipinski definition) is 0. The van der Waals surface area contributed by atoms with Crippen molar-refractivity contribution in [3.63, 3.8) is 0 Å². The van der Waals surface area contributed by atoms with E-state index in [-0.39, 0.29) is 10.9 Å². The Bertz CT molecular complexity index is 840. The zero-order valence-electron chi connectivity index (χ0n) is 11.6. The van der Waals surface area contributed by atoms with Crippen LogP contribution in [0.1, 0.15) is 13.8 Å². The maximum atomic E-state index is 12.3. The van der Waals surface area contributed by atoms with Crippen LogP contribution in [0.2, 0.25) is 5.28 Å². The molecular formula is C12H14BrClN4O2. The van der Waals surface area contributed by atoms with Gasteiger partial charge in [0.2, 0.25) is 5.28 Å². The summed E-state index contributed by atoms with van der Waals surface area (Å²) in [5.74, 6) is 0. The number of rotatable bonds is 2. The molecule has 0 saturated heterocycles. The van der Waals surface area contributed by atoms with E-state index in [1.807, 2.05) is 13.8 Å². The predicted octanol–water partition coefficient (Wildman–Crippen LogP) is 1.78. The van der Waals surface area contributed by atoms with Crippen LogP contribution in [0.25, 0.3) is 11.2 Å². The van der Waals surface area contributed by atoms with Crippen molar-refractivity contribution in [2.45, 2.75) is 20.4 Å². The maximum Gasteiger partial charge on any atom is 0.332 e. The van der Waals surface area contributed by atoms with Gasteiger partial charge in [0.15, 0.2) is 11.2 Å². The molecule has 0 N–H and O–H groups in total. The van der Waals surface area contributed by atoms with Gasteiger partial charge < -0.3 is 4.57 Å². The summed E-state index contributed by atoms with van der Waals surface area (Å²) in [6, 6.07) is 0. The van der Waals surface area contributed by atoms with Crippen LogP contribution in [0, 0.1) is 0 Å². The number of halogens is 2. The number of allylic oxidation sites excluding steroid dienone is 2. The molecule has 0 unspecified atom stereocenters. The molecule has 0 spiro atoms. The third kappa shape index (κ3) is 2.25. The van der Waals surface area contributed by atoms with E-state index in [0.717, 1.165) is 14.6 Å². The van der Waals surface area contributed by atoms with Crippen molar-refractivity contribution in [2.24, 2.45) is 14.1 Å². The van der Waals surface area contributed by atoms with E-state index in [2.05, 4.69) is 20.9 Å². The van der Waals surface area contributed by atoms with Crippen LogP contribution in [0.3, 0.4) is 0 Å². The molecule has 2 aromatic heterocycles. The number of fused-ring (bicyclic) bond motifs is 1. The minimum atomic E-state index is -0.426. The van der Waals surface area contributed by atoms with Crippen LogP contribution in [0.4, 0.5) is 0 Å². The molecule has 2 aromatic rings. The van der Waals surface area contributed by atoms with Gasteiger partial charge in [-0.25, -0.2) is 4.79 Å².